The molecular weight excluding hydrogens is 201 g/mol. The maximum Gasteiger partial charge on any atom is 0.128 e. The molecule has 1 N–H and O–H groups in total. The number of rotatable bonds is 3. The van der Waals surface area contributed by atoms with Crippen molar-refractivity contribution in [2.75, 3.05) is 13.6 Å². The van der Waals surface area contributed by atoms with Crippen molar-refractivity contribution in [3.63, 3.8) is 0 Å². The van der Waals surface area contributed by atoms with Crippen LogP contribution in [0.25, 0.3) is 0 Å². The Hall–Kier alpha value is -0.600. The molecule has 1 saturated carbocycles. The Balaban J connectivity index is 2.11. The minimum atomic E-state index is -0.166. The first-order chi connectivity index (χ1) is 6.72. The second-order valence-electron chi connectivity index (χ2n) is 3.83. The second kappa shape index (κ2) is 3.87. The largest absolute Gasteiger partial charge is 0.319 e. The lowest BCUT2D eigenvalue weighted by molar-refractivity contribution is 0.602. The number of benzene rings is 1. The standard InChI is InChI=1S/C11H13ClFN/c1-14-6-7-4-10(7)9-3-2-8(12)5-11(9)13/h2-3,5,7,10,14H,4,6H2,1H3. The Morgan fingerprint density at radius 2 is 2.36 bits per heavy atom. The molecule has 1 nitrogen and oxygen atoms in total. The van der Waals surface area contributed by atoms with Gasteiger partial charge in [0.05, 0.1) is 0 Å². The molecule has 3 heteroatoms. The van der Waals surface area contributed by atoms with Crippen LogP contribution in [-0.4, -0.2) is 13.6 Å². The summed E-state index contributed by atoms with van der Waals surface area (Å²) in [6.45, 7) is 0.965. The van der Waals surface area contributed by atoms with Gasteiger partial charge in [0.1, 0.15) is 5.82 Å². The summed E-state index contributed by atoms with van der Waals surface area (Å²) < 4.78 is 13.4. The molecule has 0 spiro atoms. The van der Waals surface area contributed by atoms with E-state index in [1.54, 1.807) is 12.1 Å². The van der Waals surface area contributed by atoms with Gasteiger partial charge in [-0.25, -0.2) is 4.39 Å². The van der Waals surface area contributed by atoms with Gasteiger partial charge in [-0.3, -0.25) is 0 Å². The molecule has 2 atom stereocenters. The fourth-order valence-corrected chi connectivity index (χ4v) is 2.08. The van der Waals surface area contributed by atoms with Gasteiger partial charge < -0.3 is 5.32 Å². The van der Waals surface area contributed by atoms with E-state index in [4.69, 9.17) is 11.6 Å². The van der Waals surface area contributed by atoms with Crippen molar-refractivity contribution in [3.05, 3.63) is 34.6 Å². The van der Waals surface area contributed by atoms with Crippen LogP contribution in [0.15, 0.2) is 18.2 Å². The predicted octanol–water partition coefficient (Wildman–Crippen LogP) is 2.80. The van der Waals surface area contributed by atoms with Crippen LogP contribution in [0.5, 0.6) is 0 Å². The molecule has 1 aliphatic carbocycles. The van der Waals surface area contributed by atoms with Crippen LogP contribution < -0.4 is 5.32 Å². The smallest absolute Gasteiger partial charge is 0.128 e. The van der Waals surface area contributed by atoms with Crippen molar-refractivity contribution >= 4 is 11.6 Å². The van der Waals surface area contributed by atoms with Crippen molar-refractivity contribution in [2.45, 2.75) is 12.3 Å². The third-order valence-corrected chi connectivity index (χ3v) is 2.99. The molecule has 1 aliphatic rings. The van der Waals surface area contributed by atoms with E-state index in [9.17, 15) is 4.39 Å². The van der Waals surface area contributed by atoms with Crippen molar-refractivity contribution in [1.29, 1.82) is 0 Å². The zero-order valence-corrected chi connectivity index (χ0v) is 8.81. The highest BCUT2D eigenvalue weighted by Crippen LogP contribution is 2.47. The highest BCUT2D eigenvalue weighted by molar-refractivity contribution is 6.30. The highest BCUT2D eigenvalue weighted by atomic mass is 35.5. The first-order valence-corrected chi connectivity index (χ1v) is 5.19. The van der Waals surface area contributed by atoms with Crippen LogP contribution >= 0.6 is 11.6 Å². The maximum absolute atomic E-state index is 13.4. The Bertz CT molecular complexity index is 340. The topological polar surface area (TPSA) is 12.0 Å². The van der Waals surface area contributed by atoms with E-state index in [0.717, 1.165) is 18.5 Å². The average molecular weight is 214 g/mol. The third kappa shape index (κ3) is 1.91. The second-order valence-corrected chi connectivity index (χ2v) is 4.26. The molecule has 0 heterocycles. The van der Waals surface area contributed by atoms with E-state index in [0.29, 0.717) is 16.9 Å². The molecule has 14 heavy (non-hydrogen) atoms. The number of hydrogen-bond acceptors (Lipinski definition) is 1. The molecule has 1 aromatic rings. The van der Waals surface area contributed by atoms with E-state index >= 15 is 0 Å². The van der Waals surface area contributed by atoms with Crippen molar-refractivity contribution < 1.29 is 4.39 Å². The van der Waals surface area contributed by atoms with Gasteiger partial charge in [-0.1, -0.05) is 17.7 Å². The summed E-state index contributed by atoms with van der Waals surface area (Å²) in [5.41, 5.74) is 0.814. The average Bonchev–Trinajstić information content (AvgIpc) is 2.84. The zero-order chi connectivity index (χ0) is 10.1. The summed E-state index contributed by atoms with van der Waals surface area (Å²) in [6, 6.07) is 4.96. The molecule has 1 aromatic carbocycles. The van der Waals surface area contributed by atoms with Crippen LogP contribution in [0.2, 0.25) is 5.02 Å². The predicted molar refractivity (Wildman–Crippen MR) is 56.2 cm³/mol. The summed E-state index contributed by atoms with van der Waals surface area (Å²) in [6.07, 6.45) is 1.08. The van der Waals surface area contributed by atoms with E-state index in [-0.39, 0.29) is 5.82 Å². The first-order valence-electron chi connectivity index (χ1n) is 4.82. The number of nitrogens with one attached hydrogen (secondary N) is 1. The Morgan fingerprint density at radius 1 is 1.57 bits per heavy atom. The Labute approximate surface area is 88.3 Å². The van der Waals surface area contributed by atoms with Gasteiger partial charge in [-0.15, -0.1) is 0 Å². The monoisotopic (exact) mass is 213 g/mol. The van der Waals surface area contributed by atoms with E-state index in [2.05, 4.69) is 5.32 Å². The highest BCUT2D eigenvalue weighted by Gasteiger charge is 2.38. The molecule has 0 bridgehead atoms. The van der Waals surface area contributed by atoms with Gasteiger partial charge >= 0.3 is 0 Å². The van der Waals surface area contributed by atoms with Gasteiger partial charge in [-0.2, -0.15) is 0 Å². The quantitative estimate of drug-likeness (QED) is 0.814. The Morgan fingerprint density at radius 3 is 3.00 bits per heavy atom. The van der Waals surface area contributed by atoms with Crippen LogP contribution in [0.3, 0.4) is 0 Å². The van der Waals surface area contributed by atoms with E-state index < -0.39 is 0 Å². The van der Waals surface area contributed by atoms with Crippen molar-refractivity contribution in [1.82, 2.24) is 5.32 Å². The molecule has 0 aliphatic heterocycles. The zero-order valence-electron chi connectivity index (χ0n) is 8.06. The summed E-state index contributed by atoms with van der Waals surface area (Å²) in [7, 11) is 1.92. The molecule has 2 rings (SSSR count). The first kappa shape index (κ1) is 9.94. The summed E-state index contributed by atoms with van der Waals surface area (Å²) in [5, 5.41) is 3.58. The van der Waals surface area contributed by atoms with Crippen molar-refractivity contribution in [3.8, 4) is 0 Å². The third-order valence-electron chi connectivity index (χ3n) is 2.75. The van der Waals surface area contributed by atoms with Gasteiger partial charge in [-0.05, 0) is 49.5 Å². The van der Waals surface area contributed by atoms with Crippen LogP contribution in [0.1, 0.15) is 17.9 Å². The molecule has 0 amide bonds. The molecule has 2 unspecified atom stereocenters. The fraction of sp³-hybridized carbons (Fsp3) is 0.455. The lowest BCUT2D eigenvalue weighted by atomic mass is 10.1. The lowest BCUT2D eigenvalue weighted by Crippen LogP contribution is -2.10. The molecular formula is C11H13ClFN. The summed E-state index contributed by atoms with van der Waals surface area (Å²) in [5.74, 6) is 0.816. The van der Waals surface area contributed by atoms with Crippen molar-refractivity contribution in [2.24, 2.45) is 5.92 Å². The van der Waals surface area contributed by atoms with E-state index in [1.807, 2.05) is 7.05 Å². The van der Waals surface area contributed by atoms with Gasteiger partial charge in [0.2, 0.25) is 0 Å². The fourth-order valence-electron chi connectivity index (χ4n) is 1.92. The van der Waals surface area contributed by atoms with E-state index in [1.165, 1.54) is 6.07 Å². The maximum atomic E-state index is 13.4. The van der Waals surface area contributed by atoms with Crippen LogP contribution in [0.4, 0.5) is 4.39 Å². The molecule has 0 radical (unpaired) electrons. The molecule has 0 saturated heterocycles. The summed E-state index contributed by atoms with van der Waals surface area (Å²) >= 11 is 5.69. The minimum absolute atomic E-state index is 0.166. The Kier molecular flexibility index (Phi) is 2.75. The van der Waals surface area contributed by atoms with Gasteiger partial charge in [0.25, 0.3) is 0 Å². The normalized spacial score (nSPS) is 25.1. The molecule has 1 fully saturated rings. The SMILES string of the molecule is CNCC1CC1c1ccc(Cl)cc1F. The number of halogens is 2. The van der Waals surface area contributed by atoms with Crippen LogP contribution in [-0.2, 0) is 0 Å². The molecule has 0 aromatic heterocycles. The summed E-state index contributed by atoms with van der Waals surface area (Å²) in [4.78, 5) is 0. The van der Waals surface area contributed by atoms with Gasteiger partial charge in [0, 0.05) is 5.02 Å². The van der Waals surface area contributed by atoms with Crippen LogP contribution in [0, 0.1) is 11.7 Å². The molecule has 76 valence electrons. The number of hydrogen-bond donors (Lipinski definition) is 1. The lowest BCUT2D eigenvalue weighted by Gasteiger charge is -2.02. The van der Waals surface area contributed by atoms with Gasteiger partial charge in [0.15, 0.2) is 0 Å². The minimum Gasteiger partial charge on any atom is -0.319 e.